The molecule has 0 spiro atoms. The molecule has 0 aliphatic heterocycles. The Kier molecular flexibility index (Phi) is 12.4. The van der Waals surface area contributed by atoms with Crippen LogP contribution in [0.5, 0.6) is 11.5 Å². The number of rotatable bonds is 15. The van der Waals surface area contributed by atoms with Crippen molar-refractivity contribution in [3.05, 3.63) is 52.0 Å². The standard InChI is InChI=1S/C30H42ClNO6/c1-7-9-10-11-20(22-18-24(31)27(19-26(22)36-6)38-15-14-37-8-2)17-28(33)32-25-16-21(29(34)35)12-13-23(25)30(3,4)5/h12-13,16,18-20H,7-11,14-15,17H2,1-6H3,(H,32,33)(H,34,35). The van der Waals surface area contributed by atoms with Crippen LogP contribution in [0.3, 0.4) is 0 Å². The summed E-state index contributed by atoms with van der Waals surface area (Å²) in [5, 5.41) is 12.9. The highest BCUT2D eigenvalue weighted by molar-refractivity contribution is 6.32. The van der Waals surface area contributed by atoms with Gasteiger partial charge in [-0.2, -0.15) is 0 Å². The Morgan fingerprint density at radius 1 is 1.05 bits per heavy atom. The Balaban J connectivity index is 2.34. The predicted molar refractivity (Wildman–Crippen MR) is 152 cm³/mol. The Morgan fingerprint density at radius 3 is 2.39 bits per heavy atom. The number of amides is 1. The maximum absolute atomic E-state index is 13.4. The molecule has 0 heterocycles. The molecule has 0 aliphatic carbocycles. The highest BCUT2D eigenvalue weighted by Crippen LogP contribution is 2.40. The van der Waals surface area contributed by atoms with Crippen LogP contribution in [0.25, 0.3) is 0 Å². The minimum absolute atomic E-state index is 0.126. The molecular weight excluding hydrogens is 506 g/mol. The molecule has 38 heavy (non-hydrogen) atoms. The number of hydrogen-bond donors (Lipinski definition) is 2. The fourth-order valence-electron chi connectivity index (χ4n) is 4.38. The molecule has 0 aromatic heterocycles. The van der Waals surface area contributed by atoms with Crippen molar-refractivity contribution in [3.63, 3.8) is 0 Å². The molecule has 7 nitrogen and oxygen atoms in total. The number of carboxylic acids is 1. The third kappa shape index (κ3) is 9.21. The molecular formula is C30H42ClNO6. The predicted octanol–water partition coefficient (Wildman–Crippen LogP) is 7.45. The van der Waals surface area contributed by atoms with Crippen LogP contribution in [-0.2, 0) is 14.9 Å². The molecule has 0 fully saturated rings. The maximum Gasteiger partial charge on any atom is 0.335 e. The number of halogens is 1. The molecule has 1 unspecified atom stereocenters. The second-order valence-corrected chi connectivity index (χ2v) is 10.7. The van der Waals surface area contributed by atoms with Crippen molar-refractivity contribution in [2.75, 3.05) is 32.2 Å². The fraction of sp³-hybridized carbons (Fsp3) is 0.533. The third-order valence-corrected chi connectivity index (χ3v) is 6.65. The molecule has 1 atom stereocenters. The smallest absolute Gasteiger partial charge is 0.335 e. The van der Waals surface area contributed by atoms with E-state index in [-0.39, 0.29) is 29.2 Å². The van der Waals surface area contributed by atoms with Crippen LogP contribution >= 0.6 is 11.6 Å². The molecule has 0 bridgehead atoms. The van der Waals surface area contributed by atoms with Gasteiger partial charge in [-0.25, -0.2) is 4.79 Å². The van der Waals surface area contributed by atoms with Crippen LogP contribution in [0.2, 0.25) is 5.02 Å². The van der Waals surface area contributed by atoms with E-state index in [1.54, 1.807) is 25.3 Å². The summed E-state index contributed by atoms with van der Waals surface area (Å²) < 4.78 is 16.8. The molecule has 2 aromatic carbocycles. The zero-order valence-corrected chi connectivity index (χ0v) is 24.2. The summed E-state index contributed by atoms with van der Waals surface area (Å²) in [7, 11) is 1.59. The number of carbonyl (C=O) groups excluding carboxylic acids is 1. The molecule has 0 aliphatic rings. The number of carbonyl (C=O) groups is 2. The van der Waals surface area contributed by atoms with Crippen LogP contribution in [0.4, 0.5) is 5.69 Å². The first-order valence-corrected chi connectivity index (χ1v) is 13.6. The van der Waals surface area contributed by atoms with Crippen molar-refractivity contribution in [1.29, 1.82) is 0 Å². The van der Waals surface area contributed by atoms with Crippen molar-refractivity contribution < 1.29 is 28.9 Å². The van der Waals surface area contributed by atoms with Gasteiger partial charge in [-0.3, -0.25) is 4.79 Å². The normalized spacial score (nSPS) is 12.2. The summed E-state index contributed by atoms with van der Waals surface area (Å²) in [6, 6.07) is 8.45. The zero-order chi connectivity index (χ0) is 28.3. The van der Waals surface area contributed by atoms with Gasteiger partial charge in [-0.05, 0) is 54.0 Å². The number of anilines is 1. The SMILES string of the molecule is CCCCCC(CC(=O)Nc1cc(C(=O)O)ccc1C(C)(C)C)c1cc(Cl)c(OCCOCC)cc1OC. The summed E-state index contributed by atoms with van der Waals surface area (Å²) in [5.41, 5.74) is 2.07. The Morgan fingerprint density at radius 2 is 1.79 bits per heavy atom. The highest BCUT2D eigenvalue weighted by Gasteiger charge is 2.25. The van der Waals surface area contributed by atoms with E-state index in [9.17, 15) is 14.7 Å². The van der Waals surface area contributed by atoms with Crippen LogP contribution in [0, 0.1) is 0 Å². The van der Waals surface area contributed by atoms with Gasteiger partial charge in [0.15, 0.2) is 0 Å². The Bertz CT molecular complexity index is 1080. The number of unbranched alkanes of at least 4 members (excludes halogenated alkanes) is 2. The minimum Gasteiger partial charge on any atom is -0.496 e. The Hall–Kier alpha value is -2.77. The molecule has 210 valence electrons. The first-order chi connectivity index (χ1) is 18.0. The number of methoxy groups -OCH3 is 1. The topological polar surface area (TPSA) is 94.1 Å². The highest BCUT2D eigenvalue weighted by atomic mass is 35.5. The van der Waals surface area contributed by atoms with Crippen molar-refractivity contribution in [2.24, 2.45) is 0 Å². The monoisotopic (exact) mass is 547 g/mol. The summed E-state index contributed by atoms with van der Waals surface area (Å²) in [6.45, 7) is 11.6. The third-order valence-electron chi connectivity index (χ3n) is 6.35. The summed E-state index contributed by atoms with van der Waals surface area (Å²) in [4.78, 5) is 25.0. The van der Waals surface area contributed by atoms with Gasteiger partial charge >= 0.3 is 5.97 Å². The Labute approximate surface area is 231 Å². The van der Waals surface area contributed by atoms with Gasteiger partial charge in [-0.15, -0.1) is 0 Å². The molecule has 8 heteroatoms. The van der Waals surface area contributed by atoms with Crippen LogP contribution in [0.1, 0.15) is 94.1 Å². The van der Waals surface area contributed by atoms with Crippen molar-refractivity contribution in [3.8, 4) is 11.5 Å². The number of benzene rings is 2. The number of nitrogens with one attached hydrogen (secondary N) is 1. The maximum atomic E-state index is 13.4. The largest absolute Gasteiger partial charge is 0.496 e. The van der Waals surface area contributed by atoms with Crippen LogP contribution in [0.15, 0.2) is 30.3 Å². The quantitative estimate of drug-likeness (QED) is 0.225. The van der Waals surface area contributed by atoms with Gasteiger partial charge in [0.1, 0.15) is 18.1 Å². The van der Waals surface area contributed by atoms with E-state index in [1.807, 2.05) is 33.8 Å². The van der Waals surface area contributed by atoms with E-state index in [2.05, 4.69) is 12.2 Å². The van der Waals surface area contributed by atoms with Gasteiger partial charge in [-0.1, -0.05) is 64.6 Å². The second-order valence-electron chi connectivity index (χ2n) is 10.3. The first-order valence-electron chi connectivity index (χ1n) is 13.3. The lowest BCUT2D eigenvalue weighted by atomic mass is 9.85. The average molecular weight is 548 g/mol. The molecule has 0 saturated heterocycles. The van der Waals surface area contributed by atoms with E-state index in [0.717, 1.165) is 36.8 Å². The number of carboxylic acid groups (broad SMARTS) is 1. The van der Waals surface area contributed by atoms with Gasteiger partial charge in [0.2, 0.25) is 5.91 Å². The van der Waals surface area contributed by atoms with E-state index >= 15 is 0 Å². The van der Waals surface area contributed by atoms with Gasteiger partial charge in [0.25, 0.3) is 0 Å². The summed E-state index contributed by atoms with van der Waals surface area (Å²) in [5.74, 6) is -0.272. The molecule has 2 aromatic rings. The number of aromatic carboxylic acids is 1. The van der Waals surface area contributed by atoms with E-state index in [4.69, 9.17) is 25.8 Å². The van der Waals surface area contributed by atoms with Gasteiger partial charge < -0.3 is 24.6 Å². The van der Waals surface area contributed by atoms with E-state index in [0.29, 0.717) is 42.0 Å². The number of ether oxygens (including phenoxy) is 3. The van der Waals surface area contributed by atoms with E-state index in [1.165, 1.54) is 6.07 Å². The second kappa shape index (κ2) is 15.0. The average Bonchev–Trinajstić information content (AvgIpc) is 2.86. The minimum atomic E-state index is -1.04. The van der Waals surface area contributed by atoms with Crippen LogP contribution in [-0.4, -0.2) is 43.9 Å². The summed E-state index contributed by atoms with van der Waals surface area (Å²) in [6.07, 6.45) is 4.02. The van der Waals surface area contributed by atoms with Gasteiger partial charge in [0.05, 0.1) is 24.3 Å². The molecule has 2 rings (SSSR count). The van der Waals surface area contributed by atoms with Crippen LogP contribution < -0.4 is 14.8 Å². The summed E-state index contributed by atoms with van der Waals surface area (Å²) >= 11 is 6.58. The zero-order valence-electron chi connectivity index (χ0n) is 23.5. The lowest BCUT2D eigenvalue weighted by molar-refractivity contribution is -0.116. The molecule has 2 N–H and O–H groups in total. The van der Waals surface area contributed by atoms with Crippen molar-refractivity contribution >= 4 is 29.2 Å². The fourth-order valence-corrected chi connectivity index (χ4v) is 4.61. The van der Waals surface area contributed by atoms with E-state index < -0.39 is 5.97 Å². The molecule has 1 amide bonds. The number of hydrogen-bond acceptors (Lipinski definition) is 5. The van der Waals surface area contributed by atoms with Gasteiger partial charge in [0, 0.05) is 24.8 Å². The molecule has 0 saturated carbocycles. The van der Waals surface area contributed by atoms with Crippen molar-refractivity contribution in [1.82, 2.24) is 0 Å². The van der Waals surface area contributed by atoms with Crippen molar-refractivity contribution in [2.45, 2.75) is 78.1 Å². The lowest BCUT2D eigenvalue weighted by Crippen LogP contribution is -2.21. The lowest BCUT2D eigenvalue weighted by Gasteiger charge is -2.25. The molecule has 0 radical (unpaired) electrons. The first kappa shape index (κ1) is 31.4.